The van der Waals surface area contributed by atoms with Gasteiger partial charge >= 0.3 is 0 Å². The number of aryl methyl sites for hydroxylation is 1. The summed E-state index contributed by atoms with van der Waals surface area (Å²) in [4.78, 5) is 12.3. The van der Waals surface area contributed by atoms with Crippen molar-refractivity contribution in [1.29, 1.82) is 0 Å². The summed E-state index contributed by atoms with van der Waals surface area (Å²) in [7, 11) is 0. The Morgan fingerprint density at radius 3 is 1.92 bits per heavy atom. The van der Waals surface area contributed by atoms with Gasteiger partial charge in [0.05, 0.1) is 0 Å². The van der Waals surface area contributed by atoms with Crippen molar-refractivity contribution in [2.45, 2.75) is 18.8 Å². The van der Waals surface area contributed by atoms with Gasteiger partial charge in [0, 0.05) is 18.9 Å². The third-order valence-electron chi connectivity index (χ3n) is 4.52. The minimum atomic E-state index is -0.00915. The molecule has 132 valence electrons. The standard InChI is InChI=1S/C23H23NO2/c25-22-14-8-7-13-20(22)15-16-23(26)24-17-21(18-9-3-1-4-10-18)19-11-5-2-6-12-19/h1-14,21,25H,15-17H2,(H,24,26). The van der Waals surface area contributed by atoms with Crippen molar-refractivity contribution >= 4 is 5.91 Å². The quantitative estimate of drug-likeness (QED) is 0.672. The van der Waals surface area contributed by atoms with Crippen molar-refractivity contribution in [1.82, 2.24) is 5.32 Å². The lowest BCUT2D eigenvalue weighted by Gasteiger charge is -2.19. The van der Waals surface area contributed by atoms with Crippen LogP contribution in [0.25, 0.3) is 0 Å². The van der Waals surface area contributed by atoms with E-state index in [1.165, 1.54) is 11.1 Å². The molecule has 3 heteroatoms. The molecule has 0 aromatic heterocycles. The Kier molecular flexibility index (Phi) is 6.05. The third-order valence-corrected chi connectivity index (χ3v) is 4.52. The van der Waals surface area contributed by atoms with E-state index >= 15 is 0 Å². The van der Waals surface area contributed by atoms with Gasteiger partial charge in [-0.25, -0.2) is 0 Å². The first-order valence-corrected chi connectivity index (χ1v) is 8.87. The van der Waals surface area contributed by atoms with Gasteiger partial charge in [0.2, 0.25) is 5.91 Å². The highest BCUT2D eigenvalue weighted by Gasteiger charge is 2.15. The lowest BCUT2D eigenvalue weighted by molar-refractivity contribution is -0.121. The second kappa shape index (κ2) is 8.86. The molecule has 0 bridgehead atoms. The van der Waals surface area contributed by atoms with Crippen LogP contribution in [0, 0.1) is 0 Å². The van der Waals surface area contributed by atoms with Gasteiger partial charge in [-0.15, -0.1) is 0 Å². The van der Waals surface area contributed by atoms with Crippen molar-refractivity contribution in [3.63, 3.8) is 0 Å². The molecule has 1 amide bonds. The molecule has 0 unspecified atom stereocenters. The van der Waals surface area contributed by atoms with E-state index in [1.54, 1.807) is 12.1 Å². The minimum absolute atomic E-state index is 0.00915. The topological polar surface area (TPSA) is 49.3 Å². The van der Waals surface area contributed by atoms with Crippen LogP contribution in [-0.4, -0.2) is 17.6 Å². The molecule has 26 heavy (non-hydrogen) atoms. The molecule has 0 fully saturated rings. The van der Waals surface area contributed by atoms with Crippen molar-refractivity contribution < 1.29 is 9.90 Å². The van der Waals surface area contributed by atoms with Gasteiger partial charge in [-0.05, 0) is 29.2 Å². The van der Waals surface area contributed by atoms with Crippen molar-refractivity contribution in [3.8, 4) is 5.75 Å². The smallest absolute Gasteiger partial charge is 0.220 e. The summed E-state index contributed by atoms with van der Waals surface area (Å²) in [6.07, 6.45) is 0.883. The van der Waals surface area contributed by atoms with Gasteiger partial charge in [-0.2, -0.15) is 0 Å². The maximum atomic E-state index is 12.3. The Balaban J connectivity index is 1.63. The normalized spacial score (nSPS) is 10.7. The van der Waals surface area contributed by atoms with Crippen LogP contribution in [0.15, 0.2) is 84.9 Å². The van der Waals surface area contributed by atoms with E-state index in [1.807, 2.05) is 48.5 Å². The number of rotatable bonds is 7. The van der Waals surface area contributed by atoms with Crippen LogP contribution in [0.5, 0.6) is 5.75 Å². The number of phenolic OH excluding ortho intramolecular Hbond substituents is 1. The zero-order valence-corrected chi connectivity index (χ0v) is 14.6. The fourth-order valence-electron chi connectivity index (χ4n) is 3.07. The zero-order chi connectivity index (χ0) is 18.2. The molecule has 0 spiro atoms. The highest BCUT2D eigenvalue weighted by molar-refractivity contribution is 5.76. The van der Waals surface area contributed by atoms with Crippen molar-refractivity contribution in [2.24, 2.45) is 0 Å². The third kappa shape index (κ3) is 4.73. The van der Waals surface area contributed by atoms with Crippen LogP contribution < -0.4 is 5.32 Å². The SMILES string of the molecule is O=C(CCc1ccccc1O)NCC(c1ccccc1)c1ccccc1. The number of phenols is 1. The molecular weight excluding hydrogens is 322 g/mol. The predicted octanol–water partition coefficient (Wildman–Crippen LogP) is 4.27. The fraction of sp³-hybridized carbons (Fsp3) is 0.174. The van der Waals surface area contributed by atoms with Crippen LogP contribution in [0.4, 0.5) is 0 Å². The molecule has 0 heterocycles. The molecule has 3 nitrogen and oxygen atoms in total. The molecule has 0 radical (unpaired) electrons. The first-order chi connectivity index (χ1) is 12.7. The molecule has 0 aliphatic rings. The van der Waals surface area contributed by atoms with Gasteiger partial charge in [0.15, 0.2) is 0 Å². The van der Waals surface area contributed by atoms with Crippen molar-refractivity contribution in [3.05, 3.63) is 102 Å². The van der Waals surface area contributed by atoms with Gasteiger partial charge in [-0.3, -0.25) is 4.79 Å². The monoisotopic (exact) mass is 345 g/mol. The maximum Gasteiger partial charge on any atom is 0.220 e. The summed E-state index contributed by atoms with van der Waals surface area (Å²) < 4.78 is 0. The Hall–Kier alpha value is -3.07. The van der Waals surface area contributed by atoms with Crippen LogP contribution in [0.3, 0.4) is 0 Å². The van der Waals surface area contributed by atoms with E-state index in [0.717, 1.165) is 5.56 Å². The van der Waals surface area contributed by atoms with Gasteiger partial charge in [-0.1, -0.05) is 78.9 Å². The summed E-state index contributed by atoms with van der Waals surface area (Å²) in [6.45, 7) is 0.549. The largest absolute Gasteiger partial charge is 0.508 e. The number of amides is 1. The van der Waals surface area contributed by atoms with E-state index < -0.39 is 0 Å². The van der Waals surface area contributed by atoms with Gasteiger partial charge in [0.25, 0.3) is 0 Å². The minimum Gasteiger partial charge on any atom is -0.508 e. The number of hydrogen-bond acceptors (Lipinski definition) is 2. The fourth-order valence-corrected chi connectivity index (χ4v) is 3.07. The Morgan fingerprint density at radius 1 is 0.808 bits per heavy atom. The van der Waals surface area contributed by atoms with Crippen LogP contribution in [-0.2, 0) is 11.2 Å². The molecule has 3 aromatic rings. The number of para-hydroxylation sites is 1. The molecule has 0 atom stereocenters. The summed E-state index contributed by atoms with van der Waals surface area (Å²) in [6, 6.07) is 27.6. The van der Waals surface area contributed by atoms with Crippen LogP contribution in [0.2, 0.25) is 0 Å². The molecule has 0 saturated carbocycles. The van der Waals surface area contributed by atoms with E-state index in [9.17, 15) is 9.90 Å². The lowest BCUT2D eigenvalue weighted by atomic mass is 9.91. The second-order valence-electron chi connectivity index (χ2n) is 6.31. The molecule has 3 aromatic carbocycles. The molecule has 0 aliphatic heterocycles. The number of aromatic hydroxyl groups is 1. The average Bonchev–Trinajstić information content (AvgIpc) is 2.69. The zero-order valence-electron chi connectivity index (χ0n) is 14.6. The Labute approximate surface area is 154 Å². The Morgan fingerprint density at radius 2 is 1.35 bits per heavy atom. The highest BCUT2D eigenvalue weighted by Crippen LogP contribution is 2.24. The first kappa shape index (κ1) is 17.7. The Bertz CT molecular complexity index is 792. The summed E-state index contributed by atoms with van der Waals surface area (Å²) >= 11 is 0. The highest BCUT2D eigenvalue weighted by atomic mass is 16.3. The van der Waals surface area contributed by atoms with E-state index in [4.69, 9.17) is 0 Å². The second-order valence-corrected chi connectivity index (χ2v) is 6.31. The summed E-state index contributed by atoms with van der Waals surface area (Å²) in [5.74, 6) is 0.350. The number of nitrogens with one attached hydrogen (secondary N) is 1. The molecular formula is C23H23NO2. The molecule has 0 aliphatic carbocycles. The van der Waals surface area contributed by atoms with E-state index in [-0.39, 0.29) is 17.6 Å². The van der Waals surface area contributed by atoms with Crippen LogP contribution in [0.1, 0.15) is 29.0 Å². The summed E-state index contributed by atoms with van der Waals surface area (Å²) in [5.41, 5.74) is 3.16. The van der Waals surface area contributed by atoms with E-state index in [2.05, 4.69) is 29.6 Å². The van der Waals surface area contributed by atoms with Crippen molar-refractivity contribution in [2.75, 3.05) is 6.54 Å². The maximum absolute atomic E-state index is 12.3. The lowest BCUT2D eigenvalue weighted by Crippen LogP contribution is -2.29. The van der Waals surface area contributed by atoms with Crippen LogP contribution >= 0.6 is 0 Å². The number of hydrogen-bond donors (Lipinski definition) is 2. The predicted molar refractivity (Wildman–Crippen MR) is 104 cm³/mol. The molecule has 3 rings (SSSR count). The average molecular weight is 345 g/mol. The van der Waals surface area contributed by atoms with Gasteiger partial charge < -0.3 is 10.4 Å². The molecule has 0 saturated heterocycles. The summed E-state index contributed by atoms with van der Waals surface area (Å²) in [5, 5.41) is 12.9. The number of benzene rings is 3. The first-order valence-electron chi connectivity index (χ1n) is 8.87. The van der Waals surface area contributed by atoms with E-state index in [0.29, 0.717) is 19.4 Å². The number of carbonyl (C=O) groups excluding carboxylic acids is 1. The molecule has 2 N–H and O–H groups in total. The van der Waals surface area contributed by atoms with Gasteiger partial charge in [0.1, 0.15) is 5.75 Å². The number of carbonyl (C=O) groups is 1.